The number of imide groups is 1. The summed E-state index contributed by atoms with van der Waals surface area (Å²) in [6.07, 6.45) is 0.785. The first-order valence-electron chi connectivity index (χ1n) is 8.11. The Morgan fingerprint density at radius 1 is 0.962 bits per heavy atom. The lowest BCUT2D eigenvalue weighted by Crippen LogP contribution is -2.32. The normalized spacial score (nSPS) is 12.7. The summed E-state index contributed by atoms with van der Waals surface area (Å²) in [5, 5.41) is 3.15. The van der Waals surface area contributed by atoms with Gasteiger partial charge >= 0.3 is 5.97 Å². The molecule has 0 atom stereocenters. The highest BCUT2D eigenvalue weighted by Crippen LogP contribution is 2.23. The SMILES string of the molecule is CCCNC(=O)c1cccc(C(=O)ON2C(=O)c3ccccc3C2=O)c1. The fraction of sp³-hybridized carbons (Fsp3) is 0.158. The molecule has 3 rings (SSSR count). The second-order valence-electron chi connectivity index (χ2n) is 5.67. The van der Waals surface area contributed by atoms with Gasteiger partial charge < -0.3 is 10.2 Å². The van der Waals surface area contributed by atoms with Crippen molar-refractivity contribution < 1.29 is 24.0 Å². The zero-order valence-electron chi connectivity index (χ0n) is 14.0. The molecule has 1 N–H and O–H groups in total. The zero-order chi connectivity index (χ0) is 18.7. The van der Waals surface area contributed by atoms with Crippen molar-refractivity contribution in [2.24, 2.45) is 0 Å². The summed E-state index contributed by atoms with van der Waals surface area (Å²) < 4.78 is 0. The van der Waals surface area contributed by atoms with E-state index in [1.54, 1.807) is 18.2 Å². The van der Waals surface area contributed by atoms with E-state index >= 15 is 0 Å². The van der Waals surface area contributed by atoms with E-state index in [2.05, 4.69) is 5.32 Å². The lowest BCUT2D eigenvalue weighted by molar-refractivity contribution is -0.0584. The molecule has 2 aromatic carbocycles. The molecule has 132 valence electrons. The van der Waals surface area contributed by atoms with Crippen LogP contribution in [-0.2, 0) is 4.84 Å². The van der Waals surface area contributed by atoms with Gasteiger partial charge in [-0.3, -0.25) is 14.4 Å². The van der Waals surface area contributed by atoms with Crippen LogP contribution in [0.25, 0.3) is 0 Å². The molecule has 0 fully saturated rings. The molecule has 0 saturated carbocycles. The molecule has 0 saturated heterocycles. The van der Waals surface area contributed by atoms with Gasteiger partial charge in [0.05, 0.1) is 16.7 Å². The zero-order valence-corrected chi connectivity index (χ0v) is 14.0. The summed E-state index contributed by atoms with van der Waals surface area (Å²) >= 11 is 0. The van der Waals surface area contributed by atoms with Crippen LogP contribution in [0.4, 0.5) is 0 Å². The van der Waals surface area contributed by atoms with Gasteiger partial charge in [0.1, 0.15) is 0 Å². The van der Waals surface area contributed by atoms with Gasteiger partial charge in [-0.15, -0.1) is 0 Å². The Bertz CT molecular complexity index is 871. The van der Waals surface area contributed by atoms with Crippen LogP contribution in [0, 0.1) is 0 Å². The number of fused-ring (bicyclic) bond motifs is 1. The van der Waals surface area contributed by atoms with E-state index in [4.69, 9.17) is 4.84 Å². The molecule has 0 spiro atoms. The predicted octanol–water partition coefficient (Wildman–Crippen LogP) is 2.19. The summed E-state index contributed by atoms with van der Waals surface area (Å²) in [4.78, 5) is 53.8. The minimum absolute atomic E-state index is 0.0608. The van der Waals surface area contributed by atoms with E-state index in [9.17, 15) is 19.2 Å². The van der Waals surface area contributed by atoms with Crippen LogP contribution < -0.4 is 5.32 Å². The number of hydrogen-bond acceptors (Lipinski definition) is 5. The molecule has 7 nitrogen and oxygen atoms in total. The third-order valence-corrected chi connectivity index (χ3v) is 3.83. The van der Waals surface area contributed by atoms with Gasteiger partial charge in [0.15, 0.2) is 0 Å². The second-order valence-corrected chi connectivity index (χ2v) is 5.67. The molecule has 7 heteroatoms. The molecule has 1 aliphatic heterocycles. The first-order chi connectivity index (χ1) is 12.5. The standard InChI is InChI=1S/C19H16N2O5/c1-2-10-20-16(22)12-6-5-7-13(11-12)19(25)26-21-17(23)14-8-3-4-9-15(14)18(21)24/h3-9,11H,2,10H2,1H3,(H,20,22). The van der Waals surface area contributed by atoms with Gasteiger partial charge in [0, 0.05) is 12.1 Å². The van der Waals surface area contributed by atoms with Crippen LogP contribution in [0.3, 0.4) is 0 Å². The van der Waals surface area contributed by atoms with E-state index in [0.717, 1.165) is 6.42 Å². The monoisotopic (exact) mass is 352 g/mol. The van der Waals surface area contributed by atoms with Crippen molar-refractivity contribution in [2.75, 3.05) is 6.54 Å². The molecule has 1 aliphatic rings. The van der Waals surface area contributed by atoms with Crippen LogP contribution in [0.2, 0.25) is 0 Å². The van der Waals surface area contributed by atoms with Crippen LogP contribution in [0.5, 0.6) is 0 Å². The van der Waals surface area contributed by atoms with Crippen LogP contribution in [0.1, 0.15) is 54.8 Å². The quantitative estimate of drug-likeness (QED) is 0.833. The molecular weight excluding hydrogens is 336 g/mol. The van der Waals surface area contributed by atoms with Crippen molar-refractivity contribution in [2.45, 2.75) is 13.3 Å². The summed E-state index contributed by atoms with van der Waals surface area (Å²) in [7, 11) is 0. The fourth-order valence-corrected chi connectivity index (χ4v) is 2.51. The highest BCUT2D eigenvalue weighted by Gasteiger charge is 2.38. The van der Waals surface area contributed by atoms with Gasteiger partial charge in [-0.1, -0.05) is 30.2 Å². The maximum absolute atomic E-state index is 12.3. The smallest absolute Gasteiger partial charge is 0.352 e. The van der Waals surface area contributed by atoms with E-state index in [1.807, 2.05) is 6.92 Å². The number of hydrogen-bond donors (Lipinski definition) is 1. The minimum atomic E-state index is -0.898. The van der Waals surface area contributed by atoms with Crippen molar-refractivity contribution in [1.82, 2.24) is 10.4 Å². The maximum atomic E-state index is 12.3. The Balaban J connectivity index is 1.76. The number of amides is 3. The molecular formula is C19H16N2O5. The number of carbonyl (C=O) groups excluding carboxylic acids is 4. The van der Waals surface area contributed by atoms with Gasteiger partial charge in [-0.05, 0) is 36.8 Å². The van der Waals surface area contributed by atoms with Crippen molar-refractivity contribution in [3.05, 3.63) is 70.8 Å². The molecule has 0 unspecified atom stereocenters. The summed E-state index contributed by atoms with van der Waals surface area (Å²) in [5.41, 5.74) is 0.706. The van der Waals surface area contributed by atoms with Crippen LogP contribution in [0.15, 0.2) is 48.5 Å². The van der Waals surface area contributed by atoms with Crippen molar-refractivity contribution in [3.8, 4) is 0 Å². The third-order valence-electron chi connectivity index (χ3n) is 3.83. The topological polar surface area (TPSA) is 92.8 Å². The Kier molecular flexibility index (Phi) is 4.79. The molecule has 0 bridgehead atoms. The number of rotatable bonds is 5. The second kappa shape index (κ2) is 7.18. The first-order valence-corrected chi connectivity index (χ1v) is 8.11. The van der Waals surface area contributed by atoms with Crippen molar-refractivity contribution in [3.63, 3.8) is 0 Å². The van der Waals surface area contributed by atoms with Gasteiger partial charge in [0.25, 0.3) is 17.7 Å². The largest absolute Gasteiger partial charge is 0.363 e. The van der Waals surface area contributed by atoms with E-state index < -0.39 is 17.8 Å². The number of hydroxylamine groups is 2. The van der Waals surface area contributed by atoms with E-state index in [1.165, 1.54) is 30.3 Å². The third kappa shape index (κ3) is 3.19. The van der Waals surface area contributed by atoms with Gasteiger partial charge in [0.2, 0.25) is 0 Å². The predicted molar refractivity (Wildman–Crippen MR) is 91.4 cm³/mol. The number of benzene rings is 2. The number of nitrogens with zero attached hydrogens (tertiary/aromatic N) is 1. The highest BCUT2D eigenvalue weighted by atomic mass is 16.7. The highest BCUT2D eigenvalue weighted by molar-refractivity contribution is 6.21. The average molecular weight is 352 g/mol. The van der Waals surface area contributed by atoms with Crippen molar-refractivity contribution >= 4 is 23.7 Å². The molecule has 0 aliphatic carbocycles. The fourth-order valence-electron chi connectivity index (χ4n) is 2.51. The Labute approximate surface area is 149 Å². The Hall–Kier alpha value is -3.48. The molecule has 26 heavy (non-hydrogen) atoms. The molecule has 3 amide bonds. The number of nitrogens with one attached hydrogen (secondary N) is 1. The summed E-state index contributed by atoms with van der Waals surface area (Å²) in [6.45, 7) is 2.44. The van der Waals surface area contributed by atoms with Gasteiger partial charge in [-0.25, -0.2) is 4.79 Å². The average Bonchev–Trinajstić information content (AvgIpc) is 2.91. The molecule has 2 aromatic rings. The van der Waals surface area contributed by atoms with Crippen molar-refractivity contribution in [1.29, 1.82) is 0 Å². The number of carbonyl (C=O) groups is 4. The minimum Gasteiger partial charge on any atom is -0.352 e. The van der Waals surface area contributed by atoms with E-state index in [0.29, 0.717) is 11.6 Å². The maximum Gasteiger partial charge on any atom is 0.363 e. The lowest BCUT2D eigenvalue weighted by atomic mass is 10.1. The molecule has 0 radical (unpaired) electrons. The van der Waals surface area contributed by atoms with Crippen LogP contribution >= 0.6 is 0 Å². The lowest BCUT2D eigenvalue weighted by Gasteiger charge is -2.13. The Morgan fingerprint density at radius 2 is 1.58 bits per heavy atom. The first kappa shape index (κ1) is 17.3. The Morgan fingerprint density at radius 3 is 2.19 bits per heavy atom. The molecule has 1 heterocycles. The summed E-state index contributed by atoms with van der Waals surface area (Å²) in [5.74, 6) is -2.61. The van der Waals surface area contributed by atoms with Gasteiger partial charge in [-0.2, -0.15) is 0 Å². The van der Waals surface area contributed by atoms with Crippen LogP contribution in [-0.4, -0.2) is 35.3 Å². The molecule has 0 aromatic heterocycles. The van der Waals surface area contributed by atoms with E-state index in [-0.39, 0.29) is 28.2 Å². The summed E-state index contributed by atoms with van der Waals surface area (Å²) in [6, 6.07) is 12.1.